The number of ether oxygens (including phenoxy) is 1. The predicted octanol–water partition coefficient (Wildman–Crippen LogP) is 2.25. The first-order valence-electron chi connectivity index (χ1n) is 9.32. The van der Waals surface area contributed by atoms with Crippen LogP contribution >= 0.6 is 0 Å². The van der Waals surface area contributed by atoms with Gasteiger partial charge in [0.1, 0.15) is 0 Å². The first-order chi connectivity index (χ1) is 12.2. The monoisotopic (exact) mass is 344 g/mol. The number of amides is 2. The summed E-state index contributed by atoms with van der Waals surface area (Å²) in [4.78, 5) is 26.1. The summed E-state index contributed by atoms with van der Waals surface area (Å²) in [6.07, 6.45) is 5.36. The lowest BCUT2D eigenvalue weighted by Crippen LogP contribution is -2.39. The van der Waals surface area contributed by atoms with Crippen molar-refractivity contribution in [3.63, 3.8) is 0 Å². The number of methoxy groups -OCH3 is 1. The fraction of sp³-hybridized carbons (Fsp3) is 0.600. The van der Waals surface area contributed by atoms with Crippen LogP contribution in [-0.2, 0) is 16.0 Å². The van der Waals surface area contributed by atoms with Crippen LogP contribution in [0.4, 0.5) is 0 Å². The molecule has 0 spiro atoms. The van der Waals surface area contributed by atoms with Crippen LogP contribution in [0.25, 0.3) is 0 Å². The second kappa shape index (κ2) is 8.48. The summed E-state index contributed by atoms with van der Waals surface area (Å²) in [6.45, 7) is 2.85. The molecule has 25 heavy (non-hydrogen) atoms. The average molecular weight is 344 g/mol. The highest BCUT2D eigenvalue weighted by Gasteiger charge is 2.34. The number of hydrogen-bond donors (Lipinski definition) is 1. The first-order valence-corrected chi connectivity index (χ1v) is 9.32. The van der Waals surface area contributed by atoms with Gasteiger partial charge in [0.25, 0.3) is 5.91 Å². The zero-order valence-corrected chi connectivity index (χ0v) is 15.0. The maximum atomic E-state index is 12.1. The molecule has 1 saturated carbocycles. The van der Waals surface area contributed by atoms with Gasteiger partial charge in [-0.1, -0.05) is 12.1 Å². The molecular weight excluding hydrogens is 316 g/mol. The molecule has 1 N–H and O–H groups in total. The van der Waals surface area contributed by atoms with Crippen molar-refractivity contribution in [1.82, 2.24) is 10.2 Å². The SMILES string of the molecule is COCCNC(=O)c1ccc(CC2CCN(C(=O)C3CC3)CC2)cc1. The Morgan fingerprint density at radius 1 is 1.12 bits per heavy atom. The van der Waals surface area contributed by atoms with Crippen LogP contribution in [0, 0.1) is 11.8 Å². The van der Waals surface area contributed by atoms with Crippen molar-refractivity contribution in [2.75, 3.05) is 33.4 Å². The number of nitrogens with one attached hydrogen (secondary N) is 1. The van der Waals surface area contributed by atoms with Gasteiger partial charge < -0.3 is 15.0 Å². The van der Waals surface area contributed by atoms with E-state index in [4.69, 9.17) is 4.74 Å². The molecule has 0 radical (unpaired) electrons. The second-order valence-corrected chi connectivity index (χ2v) is 7.19. The Kier molecular flexibility index (Phi) is 6.08. The van der Waals surface area contributed by atoms with Gasteiger partial charge in [-0.2, -0.15) is 0 Å². The van der Waals surface area contributed by atoms with E-state index >= 15 is 0 Å². The molecule has 1 aliphatic heterocycles. The van der Waals surface area contributed by atoms with E-state index in [0.29, 0.717) is 36.5 Å². The van der Waals surface area contributed by atoms with Crippen LogP contribution in [0.3, 0.4) is 0 Å². The molecule has 2 aliphatic rings. The standard InChI is InChI=1S/C20H28N2O3/c1-25-13-10-21-19(23)17-4-2-15(3-5-17)14-16-8-11-22(12-9-16)20(24)18-6-7-18/h2-5,16,18H,6-14H2,1H3,(H,21,23). The number of rotatable bonds is 7. The van der Waals surface area contributed by atoms with E-state index in [1.165, 1.54) is 5.56 Å². The van der Waals surface area contributed by atoms with Crippen molar-refractivity contribution in [2.24, 2.45) is 11.8 Å². The number of piperidine rings is 1. The maximum absolute atomic E-state index is 12.1. The van der Waals surface area contributed by atoms with Gasteiger partial charge in [0, 0.05) is 38.2 Å². The van der Waals surface area contributed by atoms with Gasteiger partial charge in [-0.05, 0) is 55.7 Å². The Bertz CT molecular complexity index is 587. The van der Waals surface area contributed by atoms with Crippen molar-refractivity contribution >= 4 is 11.8 Å². The number of carbonyl (C=O) groups excluding carboxylic acids is 2. The summed E-state index contributed by atoms with van der Waals surface area (Å²) in [5.74, 6) is 1.28. The minimum absolute atomic E-state index is 0.0597. The summed E-state index contributed by atoms with van der Waals surface area (Å²) in [7, 11) is 1.62. The first kappa shape index (κ1) is 17.9. The Balaban J connectivity index is 1.44. The summed E-state index contributed by atoms with van der Waals surface area (Å²) in [6, 6.07) is 7.88. The zero-order valence-electron chi connectivity index (χ0n) is 15.0. The molecular formula is C20H28N2O3. The Morgan fingerprint density at radius 3 is 2.40 bits per heavy atom. The van der Waals surface area contributed by atoms with E-state index in [0.717, 1.165) is 45.2 Å². The van der Waals surface area contributed by atoms with Crippen LogP contribution in [0.2, 0.25) is 0 Å². The second-order valence-electron chi connectivity index (χ2n) is 7.19. The fourth-order valence-electron chi connectivity index (χ4n) is 3.44. The molecule has 1 aromatic carbocycles. The van der Waals surface area contributed by atoms with Gasteiger partial charge in [0.2, 0.25) is 5.91 Å². The molecule has 1 heterocycles. The van der Waals surface area contributed by atoms with Gasteiger partial charge >= 0.3 is 0 Å². The van der Waals surface area contributed by atoms with Gasteiger partial charge in [-0.15, -0.1) is 0 Å². The molecule has 5 heteroatoms. The van der Waals surface area contributed by atoms with Crippen LogP contribution in [-0.4, -0.2) is 50.1 Å². The molecule has 0 bridgehead atoms. The molecule has 0 aromatic heterocycles. The topological polar surface area (TPSA) is 58.6 Å². The minimum atomic E-state index is -0.0597. The van der Waals surface area contributed by atoms with E-state index in [2.05, 4.69) is 10.2 Å². The maximum Gasteiger partial charge on any atom is 0.251 e. The van der Waals surface area contributed by atoms with Crippen molar-refractivity contribution in [2.45, 2.75) is 32.1 Å². The summed E-state index contributed by atoms with van der Waals surface area (Å²) in [5, 5.41) is 2.83. The highest BCUT2D eigenvalue weighted by Crippen LogP contribution is 2.32. The van der Waals surface area contributed by atoms with E-state index in [9.17, 15) is 9.59 Å². The number of hydrogen-bond acceptors (Lipinski definition) is 3. The number of likely N-dealkylation sites (tertiary alicyclic amines) is 1. The van der Waals surface area contributed by atoms with Gasteiger partial charge in [-0.3, -0.25) is 9.59 Å². The molecule has 3 rings (SSSR count). The Labute approximate surface area is 149 Å². The lowest BCUT2D eigenvalue weighted by molar-refractivity contribution is -0.133. The van der Waals surface area contributed by atoms with Crippen molar-refractivity contribution in [1.29, 1.82) is 0 Å². The fourth-order valence-corrected chi connectivity index (χ4v) is 3.44. The molecule has 1 saturated heterocycles. The van der Waals surface area contributed by atoms with Gasteiger partial charge in [0.15, 0.2) is 0 Å². The van der Waals surface area contributed by atoms with E-state index in [1.807, 2.05) is 24.3 Å². The smallest absolute Gasteiger partial charge is 0.251 e. The predicted molar refractivity (Wildman–Crippen MR) is 96.4 cm³/mol. The van der Waals surface area contributed by atoms with Crippen LogP contribution < -0.4 is 5.32 Å². The van der Waals surface area contributed by atoms with E-state index < -0.39 is 0 Å². The third kappa shape index (κ3) is 5.05. The third-order valence-corrected chi connectivity index (χ3v) is 5.19. The highest BCUT2D eigenvalue weighted by molar-refractivity contribution is 5.94. The molecule has 136 valence electrons. The Hall–Kier alpha value is -1.88. The van der Waals surface area contributed by atoms with Crippen molar-refractivity contribution in [3.05, 3.63) is 35.4 Å². The summed E-state index contributed by atoms with van der Waals surface area (Å²) in [5.41, 5.74) is 1.95. The molecule has 0 unspecified atom stereocenters. The zero-order chi connectivity index (χ0) is 17.6. The van der Waals surface area contributed by atoms with Gasteiger partial charge in [-0.25, -0.2) is 0 Å². The number of benzene rings is 1. The molecule has 0 atom stereocenters. The largest absolute Gasteiger partial charge is 0.383 e. The van der Waals surface area contributed by atoms with Crippen LogP contribution in [0.1, 0.15) is 41.6 Å². The minimum Gasteiger partial charge on any atom is -0.383 e. The highest BCUT2D eigenvalue weighted by atomic mass is 16.5. The number of carbonyl (C=O) groups is 2. The molecule has 5 nitrogen and oxygen atoms in total. The average Bonchev–Trinajstić information content (AvgIpc) is 3.48. The normalized spacial score (nSPS) is 18.2. The molecule has 1 aliphatic carbocycles. The third-order valence-electron chi connectivity index (χ3n) is 5.19. The Morgan fingerprint density at radius 2 is 1.80 bits per heavy atom. The van der Waals surface area contributed by atoms with Crippen LogP contribution in [0.15, 0.2) is 24.3 Å². The van der Waals surface area contributed by atoms with E-state index in [-0.39, 0.29) is 5.91 Å². The lowest BCUT2D eigenvalue weighted by Gasteiger charge is -2.32. The lowest BCUT2D eigenvalue weighted by atomic mass is 9.89. The summed E-state index contributed by atoms with van der Waals surface area (Å²) < 4.78 is 4.93. The van der Waals surface area contributed by atoms with Gasteiger partial charge in [0.05, 0.1) is 6.61 Å². The van der Waals surface area contributed by atoms with Crippen molar-refractivity contribution < 1.29 is 14.3 Å². The summed E-state index contributed by atoms with van der Waals surface area (Å²) >= 11 is 0. The molecule has 2 fully saturated rings. The quantitative estimate of drug-likeness (QED) is 0.772. The van der Waals surface area contributed by atoms with Crippen molar-refractivity contribution in [3.8, 4) is 0 Å². The molecule has 1 aromatic rings. The molecule has 2 amide bonds. The van der Waals surface area contributed by atoms with E-state index in [1.54, 1.807) is 7.11 Å². The van der Waals surface area contributed by atoms with Crippen LogP contribution in [0.5, 0.6) is 0 Å². The number of nitrogens with zero attached hydrogens (tertiary/aromatic N) is 1.